The molecule has 2 aromatic carbocycles. The zero-order chi connectivity index (χ0) is 21.8. The van der Waals surface area contributed by atoms with Gasteiger partial charge in [0.2, 0.25) is 0 Å². The monoisotopic (exact) mass is 470 g/mol. The molecule has 1 aliphatic heterocycles. The van der Waals surface area contributed by atoms with Crippen molar-refractivity contribution in [3.63, 3.8) is 0 Å². The van der Waals surface area contributed by atoms with Crippen LogP contribution in [-0.2, 0) is 20.8 Å². The third-order valence-electron chi connectivity index (χ3n) is 5.12. The Labute approximate surface area is 186 Å². The number of rotatable bonds is 3. The standard InChI is InChI=1S/C21H18N4O3S3/c1-13-22-11-16(12-23-13)15-3-6-21-19(9-15)25(7-8-30(21)26)31(27,28)17-4-5-18-20(10-17)29-14(2)24-18/h3-6,9-12H,7-8H2,1-2H3. The van der Waals surface area contributed by atoms with Crippen molar-refractivity contribution in [2.45, 2.75) is 23.6 Å². The number of thiazole rings is 1. The largest absolute Gasteiger partial charge is 0.264 e. The van der Waals surface area contributed by atoms with E-state index in [0.29, 0.717) is 16.4 Å². The maximum Gasteiger partial charge on any atom is 0.264 e. The molecule has 4 aromatic rings. The van der Waals surface area contributed by atoms with Crippen molar-refractivity contribution in [1.82, 2.24) is 15.0 Å². The minimum Gasteiger partial charge on any atom is -0.264 e. The summed E-state index contributed by atoms with van der Waals surface area (Å²) in [6.07, 6.45) is 3.39. The van der Waals surface area contributed by atoms with E-state index in [4.69, 9.17) is 0 Å². The van der Waals surface area contributed by atoms with E-state index in [-0.39, 0.29) is 17.2 Å². The summed E-state index contributed by atoms with van der Waals surface area (Å²) >= 11 is 1.46. The van der Waals surface area contributed by atoms with Gasteiger partial charge in [0, 0.05) is 30.3 Å². The van der Waals surface area contributed by atoms with Crippen LogP contribution in [0.4, 0.5) is 5.69 Å². The molecule has 5 rings (SSSR count). The second kappa shape index (κ2) is 7.47. The molecule has 2 aromatic heterocycles. The van der Waals surface area contributed by atoms with E-state index in [1.165, 1.54) is 15.6 Å². The van der Waals surface area contributed by atoms with Gasteiger partial charge in [-0.3, -0.25) is 8.51 Å². The second-order valence-corrected chi connectivity index (χ2v) is 11.8. The molecule has 1 aliphatic rings. The van der Waals surface area contributed by atoms with Crippen LogP contribution in [0.15, 0.2) is 58.6 Å². The predicted molar refractivity (Wildman–Crippen MR) is 122 cm³/mol. The van der Waals surface area contributed by atoms with E-state index in [1.807, 2.05) is 13.0 Å². The van der Waals surface area contributed by atoms with Crippen molar-refractivity contribution in [3.05, 3.63) is 59.6 Å². The van der Waals surface area contributed by atoms with Gasteiger partial charge in [-0.2, -0.15) is 0 Å². The van der Waals surface area contributed by atoms with Crippen molar-refractivity contribution >= 4 is 48.1 Å². The number of sulfonamides is 1. The Morgan fingerprint density at radius 2 is 1.81 bits per heavy atom. The molecule has 0 fully saturated rings. The average molecular weight is 471 g/mol. The lowest BCUT2D eigenvalue weighted by Gasteiger charge is -2.30. The lowest BCUT2D eigenvalue weighted by atomic mass is 10.1. The first-order valence-electron chi connectivity index (χ1n) is 9.54. The molecule has 0 bridgehead atoms. The number of hydrogen-bond acceptors (Lipinski definition) is 7. The highest BCUT2D eigenvalue weighted by Crippen LogP contribution is 2.37. The molecule has 0 saturated heterocycles. The molecule has 10 heteroatoms. The molecule has 0 saturated carbocycles. The van der Waals surface area contributed by atoms with E-state index in [9.17, 15) is 12.6 Å². The average Bonchev–Trinajstić information content (AvgIpc) is 3.13. The van der Waals surface area contributed by atoms with Gasteiger partial charge in [-0.25, -0.2) is 23.4 Å². The number of anilines is 1. The Kier molecular flexibility index (Phi) is 4.87. The van der Waals surface area contributed by atoms with Crippen LogP contribution in [0, 0.1) is 13.8 Å². The summed E-state index contributed by atoms with van der Waals surface area (Å²) in [5, 5.41) is 0.883. The van der Waals surface area contributed by atoms with E-state index in [2.05, 4.69) is 15.0 Å². The first-order chi connectivity index (χ1) is 14.8. The highest BCUT2D eigenvalue weighted by molar-refractivity contribution is 7.93. The molecule has 0 amide bonds. The van der Waals surface area contributed by atoms with Crippen LogP contribution in [0.1, 0.15) is 10.8 Å². The summed E-state index contributed by atoms with van der Waals surface area (Å²) in [6.45, 7) is 3.84. The predicted octanol–water partition coefficient (Wildman–Crippen LogP) is 3.69. The normalized spacial score (nSPS) is 16.5. The molecule has 7 nitrogen and oxygen atoms in total. The molecular weight excluding hydrogens is 452 g/mol. The topological polar surface area (TPSA) is 93.1 Å². The smallest absolute Gasteiger partial charge is 0.264 e. The van der Waals surface area contributed by atoms with Crippen molar-refractivity contribution in [1.29, 1.82) is 0 Å². The molecule has 0 spiro atoms. The first kappa shape index (κ1) is 20.2. The molecule has 0 N–H and O–H groups in total. The number of aryl methyl sites for hydroxylation is 2. The summed E-state index contributed by atoms with van der Waals surface area (Å²) in [4.78, 5) is 13.6. The highest BCUT2D eigenvalue weighted by Gasteiger charge is 2.32. The van der Waals surface area contributed by atoms with Gasteiger partial charge >= 0.3 is 0 Å². The van der Waals surface area contributed by atoms with E-state index in [1.54, 1.807) is 49.6 Å². The van der Waals surface area contributed by atoms with Crippen molar-refractivity contribution in [2.24, 2.45) is 0 Å². The summed E-state index contributed by atoms with van der Waals surface area (Å²) < 4.78 is 42.0. The second-order valence-electron chi connectivity index (χ2n) is 7.19. The minimum absolute atomic E-state index is 0.148. The quantitative estimate of drug-likeness (QED) is 0.453. The zero-order valence-corrected chi connectivity index (χ0v) is 19.2. The van der Waals surface area contributed by atoms with Crippen LogP contribution in [-0.4, -0.2) is 39.9 Å². The lowest BCUT2D eigenvalue weighted by Crippen LogP contribution is -2.38. The maximum absolute atomic E-state index is 13.6. The van der Waals surface area contributed by atoms with Crippen molar-refractivity contribution in [2.75, 3.05) is 16.6 Å². The van der Waals surface area contributed by atoms with Crippen LogP contribution in [0.5, 0.6) is 0 Å². The number of nitrogens with zero attached hydrogens (tertiary/aromatic N) is 4. The van der Waals surface area contributed by atoms with Crippen LogP contribution in [0.3, 0.4) is 0 Å². The number of benzene rings is 2. The van der Waals surface area contributed by atoms with Gasteiger partial charge in [0.15, 0.2) is 0 Å². The summed E-state index contributed by atoms with van der Waals surface area (Å²) in [7, 11) is -5.10. The zero-order valence-electron chi connectivity index (χ0n) is 16.8. The maximum atomic E-state index is 13.6. The van der Waals surface area contributed by atoms with Gasteiger partial charge in [-0.05, 0) is 49.7 Å². The third kappa shape index (κ3) is 3.54. The Bertz CT molecular complexity index is 1450. The van der Waals surface area contributed by atoms with Gasteiger partial charge in [-0.1, -0.05) is 6.07 Å². The van der Waals surface area contributed by atoms with Crippen molar-refractivity contribution < 1.29 is 12.6 Å². The first-order valence-corrected chi connectivity index (χ1v) is 13.1. The fourth-order valence-electron chi connectivity index (χ4n) is 3.58. The van der Waals surface area contributed by atoms with Crippen LogP contribution in [0.2, 0.25) is 0 Å². The third-order valence-corrected chi connectivity index (χ3v) is 9.25. The van der Waals surface area contributed by atoms with Gasteiger partial charge in [0.05, 0.1) is 41.5 Å². The molecule has 0 aliphatic carbocycles. The Morgan fingerprint density at radius 3 is 2.58 bits per heavy atom. The fraction of sp³-hybridized carbons (Fsp3) is 0.190. The molecule has 31 heavy (non-hydrogen) atoms. The SMILES string of the molecule is Cc1ncc(-c2ccc3c(c2)N(S(=O)(=O)c2ccc4nc(C)sc4c2)CCS3=O)cn1. The summed E-state index contributed by atoms with van der Waals surface area (Å²) in [5.74, 6) is 0.905. The minimum atomic E-state index is -3.84. The van der Waals surface area contributed by atoms with Crippen LogP contribution in [0.25, 0.3) is 21.3 Å². The van der Waals surface area contributed by atoms with Gasteiger partial charge in [0.1, 0.15) is 5.82 Å². The van der Waals surface area contributed by atoms with E-state index in [0.717, 1.165) is 26.4 Å². The van der Waals surface area contributed by atoms with E-state index >= 15 is 0 Å². The lowest BCUT2D eigenvalue weighted by molar-refractivity contribution is 0.591. The van der Waals surface area contributed by atoms with Crippen LogP contribution >= 0.6 is 11.3 Å². The summed E-state index contributed by atoms with van der Waals surface area (Å²) in [6, 6.07) is 10.3. The highest BCUT2D eigenvalue weighted by atomic mass is 32.2. The van der Waals surface area contributed by atoms with E-state index < -0.39 is 20.8 Å². The number of fused-ring (bicyclic) bond motifs is 2. The number of aromatic nitrogens is 3. The number of hydrogen-bond donors (Lipinski definition) is 0. The Hall–Kier alpha value is -2.69. The molecule has 1 unspecified atom stereocenters. The van der Waals surface area contributed by atoms with Gasteiger partial charge < -0.3 is 0 Å². The molecule has 1 atom stereocenters. The molecular formula is C21H18N4O3S3. The molecule has 3 heterocycles. The van der Waals surface area contributed by atoms with Crippen molar-refractivity contribution in [3.8, 4) is 11.1 Å². The summed E-state index contributed by atoms with van der Waals surface area (Å²) in [5.41, 5.74) is 2.75. The van der Waals surface area contributed by atoms with Crippen LogP contribution < -0.4 is 4.31 Å². The van der Waals surface area contributed by atoms with Gasteiger partial charge in [0.25, 0.3) is 10.0 Å². The Balaban J connectivity index is 1.63. The molecule has 0 radical (unpaired) electrons. The van der Waals surface area contributed by atoms with Gasteiger partial charge in [-0.15, -0.1) is 11.3 Å². The molecule has 158 valence electrons. The Morgan fingerprint density at radius 1 is 1.03 bits per heavy atom. The fourth-order valence-corrected chi connectivity index (χ4v) is 7.39.